The molecule has 0 bridgehead atoms. The number of amides is 2. The fourth-order valence-electron chi connectivity index (χ4n) is 2.76. The zero-order chi connectivity index (χ0) is 22.1. The molecule has 0 spiro atoms. The molecule has 4 N–H and O–H groups in total. The number of nitro groups is 1. The van der Waals surface area contributed by atoms with Gasteiger partial charge in [0.25, 0.3) is 11.6 Å². The minimum atomic E-state index is -0.718. The molecule has 0 aliphatic rings. The van der Waals surface area contributed by atoms with Crippen LogP contribution in [0.15, 0.2) is 42.5 Å². The number of rotatable bonds is 11. The van der Waals surface area contributed by atoms with E-state index >= 15 is 0 Å². The van der Waals surface area contributed by atoms with Gasteiger partial charge in [0.15, 0.2) is 0 Å². The SMILES string of the molecule is COCCNc1ccc(C(=O)NCC(Cc2ccc(F)cc2)C(N)=O)cc1[N+](=O)[O-]. The zero-order valence-corrected chi connectivity index (χ0v) is 16.4. The molecule has 0 saturated carbocycles. The summed E-state index contributed by atoms with van der Waals surface area (Å²) in [5.41, 5.74) is 6.18. The Morgan fingerprint density at radius 1 is 1.23 bits per heavy atom. The summed E-state index contributed by atoms with van der Waals surface area (Å²) in [6.07, 6.45) is 0.221. The van der Waals surface area contributed by atoms with Crippen molar-refractivity contribution in [3.05, 3.63) is 69.5 Å². The normalized spacial score (nSPS) is 11.5. The first kappa shape index (κ1) is 22.8. The summed E-state index contributed by atoms with van der Waals surface area (Å²) in [6.45, 7) is 0.668. The molecule has 160 valence electrons. The van der Waals surface area contributed by atoms with E-state index in [0.29, 0.717) is 18.7 Å². The molecule has 0 aromatic heterocycles. The van der Waals surface area contributed by atoms with Gasteiger partial charge >= 0.3 is 0 Å². The minimum absolute atomic E-state index is 0.0623. The minimum Gasteiger partial charge on any atom is -0.383 e. The van der Waals surface area contributed by atoms with Gasteiger partial charge in [-0.15, -0.1) is 0 Å². The average Bonchev–Trinajstić information content (AvgIpc) is 2.72. The molecule has 0 aliphatic heterocycles. The average molecular weight is 418 g/mol. The van der Waals surface area contributed by atoms with Gasteiger partial charge in [0.05, 0.1) is 17.4 Å². The number of hydrogen-bond acceptors (Lipinski definition) is 6. The molecule has 2 amide bonds. The highest BCUT2D eigenvalue weighted by molar-refractivity contribution is 5.96. The van der Waals surface area contributed by atoms with Crippen molar-refractivity contribution >= 4 is 23.2 Å². The number of nitrogens with one attached hydrogen (secondary N) is 2. The molecule has 10 heteroatoms. The molecule has 30 heavy (non-hydrogen) atoms. The van der Waals surface area contributed by atoms with Gasteiger partial charge in [-0.3, -0.25) is 19.7 Å². The highest BCUT2D eigenvalue weighted by atomic mass is 19.1. The number of carbonyl (C=O) groups is 2. The van der Waals surface area contributed by atoms with Crippen molar-refractivity contribution < 1.29 is 23.6 Å². The molecule has 2 aromatic carbocycles. The van der Waals surface area contributed by atoms with Gasteiger partial charge in [-0.05, 0) is 36.2 Å². The molecule has 1 atom stereocenters. The predicted molar refractivity (Wildman–Crippen MR) is 109 cm³/mol. The largest absolute Gasteiger partial charge is 0.383 e. The Morgan fingerprint density at radius 2 is 1.93 bits per heavy atom. The first-order chi connectivity index (χ1) is 14.3. The summed E-state index contributed by atoms with van der Waals surface area (Å²) >= 11 is 0. The third kappa shape index (κ3) is 6.52. The quantitative estimate of drug-likeness (QED) is 0.289. The van der Waals surface area contributed by atoms with Gasteiger partial charge in [0, 0.05) is 31.8 Å². The van der Waals surface area contributed by atoms with E-state index in [2.05, 4.69) is 10.6 Å². The Kier molecular flexibility index (Phi) is 8.24. The van der Waals surface area contributed by atoms with E-state index in [9.17, 15) is 24.1 Å². The Bertz CT molecular complexity index is 905. The fraction of sp³-hybridized carbons (Fsp3) is 0.300. The lowest BCUT2D eigenvalue weighted by Crippen LogP contribution is -2.37. The van der Waals surface area contributed by atoms with Crippen molar-refractivity contribution in [1.82, 2.24) is 5.32 Å². The van der Waals surface area contributed by atoms with Crippen LogP contribution in [-0.4, -0.2) is 43.5 Å². The molecule has 2 aromatic rings. The van der Waals surface area contributed by atoms with Crippen LogP contribution < -0.4 is 16.4 Å². The van der Waals surface area contributed by atoms with Gasteiger partial charge in [-0.1, -0.05) is 12.1 Å². The number of anilines is 1. The summed E-state index contributed by atoms with van der Waals surface area (Å²) < 4.78 is 17.9. The molecular formula is C20H23FN4O5. The summed E-state index contributed by atoms with van der Waals surface area (Å²) in [6, 6.07) is 9.64. The molecule has 0 fully saturated rings. The van der Waals surface area contributed by atoms with E-state index in [1.807, 2.05) is 0 Å². The summed E-state index contributed by atoms with van der Waals surface area (Å²) in [4.78, 5) is 34.9. The number of carbonyl (C=O) groups excluding carboxylic acids is 2. The van der Waals surface area contributed by atoms with Crippen molar-refractivity contribution in [2.24, 2.45) is 11.7 Å². The lowest BCUT2D eigenvalue weighted by molar-refractivity contribution is -0.384. The maximum absolute atomic E-state index is 13.0. The first-order valence-electron chi connectivity index (χ1n) is 9.15. The van der Waals surface area contributed by atoms with E-state index in [1.165, 1.54) is 43.5 Å². The molecule has 0 heterocycles. The molecule has 0 radical (unpaired) electrons. The number of nitrogens with zero attached hydrogens (tertiary/aromatic N) is 1. The van der Waals surface area contributed by atoms with Crippen molar-refractivity contribution in [3.8, 4) is 0 Å². The van der Waals surface area contributed by atoms with Crippen LogP contribution in [0.2, 0.25) is 0 Å². The standard InChI is InChI=1S/C20H23FN4O5/c1-30-9-8-23-17-7-4-14(11-18(17)25(28)29)20(27)24-12-15(19(22)26)10-13-2-5-16(21)6-3-13/h2-7,11,15,23H,8-10,12H2,1H3,(H2,22,26)(H,24,27). The predicted octanol–water partition coefficient (Wildman–Crippen LogP) is 1.87. The third-order valence-corrected chi connectivity index (χ3v) is 4.39. The Morgan fingerprint density at radius 3 is 2.53 bits per heavy atom. The van der Waals surface area contributed by atoms with Crippen LogP contribution in [-0.2, 0) is 16.0 Å². The highest BCUT2D eigenvalue weighted by Crippen LogP contribution is 2.25. The third-order valence-electron chi connectivity index (χ3n) is 4.39. The van der Waals surface area contributed by atoms with Crippen molar-refractivity contribution in [3.63, 3.8) is 0 Å². The van der Waals surface area contributed by atoms with Crippen LogP contribution in [0.3, 0.4) is 0 Å². The molecule has 0 saturated heterocycles. The van der Waals surface area contributed by atoms with Crippen LogP contribution in [0.5, 0.6) is 0 Å². The smallest absolute Gasteiger partial charge is 0.293 e. The number of benzene rings is 2. The van der Waals surface area contributed by atoms with E-state index in [-0.39, 0.29) is 29.9 Å². The molecule has 9 nitrogen and oxygen atoms in total. The summed E-state index contributed by atoms with van der Waals surface area (Å²) in [5.74, 6) is -2.32. The van der Waals surface area contributed by atoms with Crippen LogP contribution in [0.1, 0.15) is 15.9 Å². The first-order valence-corrected chi connectivity index (χ1v) is 9.15. The van der Waals surface area contributed by atoms with Crippen LogP contribution in [0.25, 0.3) is 0 Å². The lowest BCUT2D eigenvalue weighted by atomic mass is 9.98. The summed E-state index contributed by atoms with van der Waals surface area (Å²) in [5, 5.41) is 16.8. The van der Waals surface area contributed by atoms with Crippen LogP contribution in [0.4, 0.5) is 15.8 Å². The zero-order valence-electron chi connectivity index (χ0n) is 16.4. The van der Waals surface area contributed by atoms with Gasteiger partial charge in [0.1, 0.15) is 11.5 Å². The Labute approximate surface area is 172 Å². The van der Waals surface area contributed by atoms with E-state index in [4.69, 9.17) is 10.5 Å². The van der Waals surface area contributed by atoms with E-state index in [0.717, 1.165) is 6.07 Å². The number of ether oxygens (including phenoxy) is 1. The van der Waals surface area contributed by atoms with Gasteiger partial charge in [-0.2, -0.15) is 0 Å². The van der Waals surface area contributed by atoms with Gasteiger partial charge < -0.3 is 21.1 Å². The highest BCUT2D eigenvalue weighted by Gasteiger charge is 2.20. The topological polar surface area (TPSA) is 137 Å². The monoisotopic (exact) mass is 418 g/mol. The Balaban J connectivity index is 2.05. The van der Waals surface area contributed by atoms with E-state index in [1.54, 1.807) is 0 Å². The van der Waals surface area contributed by atoms with Crippen molar-refractivity contribution in [1.29, 1.82) is 0 Å². The number of hydrogen-bond donors (Lipinski definition) is 3. The maximum atomic E-state index is 13.0. The van der Waals surface area contributed by atoms with Crippen molar-refractivity contribution in [2.45, 2.75) is 6.42 Å². The van der Waals surface area contributed by atoms with E-state index < -0.39 is 28.5 Å². The summed E-state index contributed by atoms with van der Waals surface area (Å²) in [7, 11) is 1.51. The number of nitrogens with two attached hydrogens (primary N) is 1. The van der Waals surface area contributed by atoms with Gasteiger partial charge in [-0.25, -0.2) is 4.39 Å². The molecule has 0 aliphatic carbocycles. The number of halogens is 1. The number of methoxy groups -OCH3 is 1. The number of nitro benzene ring substituents is 1. The molecule has 2 rings (SSSR count). The second-order valence-electron chi connectivity index (χ2n) is 6.55. The lowest BCUT2D eigenvalue weighted by Gasteiger charge is -2.15. The van der Waals surface area contributed by atoms with Crippen LogP contribution in [0, 0.1) is 21.8 Å². The maximum Gasteiger partial charge on any atom is 0.293 e. The Hall–Kier alpha value is -3.53. The second kappa shape index (κ2) is 10.9. The molecular weight excluding hydrogens is 395 g/mol. The number of primary amides is 1. The van der Waals surface area contributed by atoms with Crippen LogP contribution >= 0.6 is 0 Å². The van der Waals surface area contributed by atoms with Gasteiger partial charge in [0.2, 0.25) is 5.91 Å². The second-order valence-corrected chi connectivity index (χ2v) is 6.55. The fourth-order valence-corrected chi connectivity index (χ4v) is 2.76. The molecule has 1 unspecified atom stereocenters. The van der Waals surface area contributed by atoms with Crippen molar-refractivity contribution in [2.75, 3.05) is 32.1 Å².